The van der Waals surface area contributed by atoms with E-state index in [4.69, 9.17) is 0 Å². The van der Waals surface area contributed by atoms with Gasteiger partial charge in [-0.3, -0.25) is 4.90 Å². The van der Waals surface area contributed by atoms with Gasteiger partial charge in [0.15, 0.2) is 0 Å². The number of hydrogen-bond donors (Lipinski definition) is 1. The summed E-state index contributed by atoms with van der Waals surface area (Å²) in [7, 11) is 2.10. The van der Waals surface area contributed by atoms with Crippen molar-refractivity contribution in [1.29, 1.82) is 0 Å². The minimum Gasteiger partial charge on any atom is -0.315 e. The van der Waals surface area contributed by atoms with Crippen molar-refractivity contribution in [3.05, 3.63) is 12.2 Å². The Bertz CT molecular complexity index is 179. The molecule has 0 bridgehead atoms. The highest BCUT2D eigenvalue weighted by molar-refractivity contribution is 5.00. The predicted octanol–water partition coefficient (Wildman–Crippen LogP) is 1.39. The molecule has 1 fully saturated rings. The lowest BCUT2D eigenvalue weighted by molar-refractivity contribution is 0.159. The fourth-order valence-electron chi connectivity index (χ4n) is 2.65. The molecule has 2 nitrogen and oxygen atoms in total. The zero-order valence-electron chi connectivity index (χ0n) is 8.50. The van der Waals surface area contributed by atoms with Crippen LogP contribution in [0, 0.1) is 0 Å². The smallest absolute Gasteiger partial charge is 0.0255 e. The molecule has 1 aliphatic heterocycles. The standard InChI is InChI=1S/C11H20N2/c1-12-10-6-2-3-7-11(10)13-8-4-5-9-13/h4-5,10-12H,2-3,6-9H2,1H3. The maximum Gasteiger partial charge on any atom is 0.0255 e. The van der Waals surface area contributed by atoms with Crippen LogP contribution in [0.5, 0.6) is 0 Å². The fraction of sp³-hybridized carbons (Fsp3) is 0.818. The van der Waals surface area contributed by atoms with Crippen LogP contribution in [0.25, 0.3) is 0 Å². The monoisotopic (exact) mass is 180 g/mol. The summed E-state index contributed by atoms with van der Waals surface area (Å²) in [6.45, 7) is 2.34. The lowest BCUT2D eigenvalue weighted by Crippen LogP contribution is -2.49. The second-order valence-electron chi connectivity index (χ2n) is 4.17. The van der Waals surface area contributed by atoms with Crippen LogP contribution in [0.15, 0.2) is 12.2 Å². The van der Waals surface area contributed by atoms with Crippen LogP contribution in [0.4, 0.5) is 0 Å². The van der Waals surface area contributed by atoms with Crippen molar-refractivity contribution < 1.29 is 0 Å². The minimum absolute atomic E-state index is 0.730. The third-order valence-corrected chi connectivity index (χ3v) is 3.42. The highest BCUT2D eigenvalue weighted by atomic mass is 15.2. The molecule has 0 spiro atoms. The molecule has 0 amide bonds. The molecule has 1 saturated carbocycles. The molecule has 2 aliphatic rings. The maximum absolute atomic E-state index is 3.46. The maximum atomic E-state index is 3.46. The van der Waals surface area contributed by atoms with Gasteiger partial charge in [0.25, 0.3) is 0 Å². The average molecular weight is 180 g/mol. The lowest BCUT2D eigenvalue weighted by atomic mass is 9.89. The molecule has 2 unspecified atom stereocenters. The van der Waals surface area contributed by atoms with Gasteiger partial charge in [-0.2, -0.15) is 0 Å². The Hall–Kier alpha value is -0.340. The minimum atomic E-state index is 0.730. The van der Waals surface area contributed by atoms with Gasteiger partial charge in [0.1, 0.15) is 0 Å². The number of likely N-dealkylation sites (N-methyl/N-ethyl adjacent to an activating group) is 1. The molecule has 0 radical (unpaired) electrons. The van der Waals surface area contributed by atoms with Crippen LogP contribution in [-0.2, 0) is 0 Å². The summed E-state index contributed by atoms with van der Waals surface area (Å²) in [6.07, 6.45) is 10.1. The fourth-order valence-corrected chi connectivity index (χ4v) is 2.65. The van der Waals surface area contributed by atoms with Crippen molar-refractivity contribution in [2.45, 2.75) is 37.8 Å². The van der Waals surface area contributed by atoms with E-state index in [0.29, 0.717) is 0 Å². The third-order valence-electron chi connectivity index (χ3n) is 3.42. The van der Waals surface area contributed by atoms with Crippen molar-refractivity contribution in [2.24, 2.45) is 0 Å². The average Bonchev–Trinajstić information content (AvgIpc) is 2.70. The van der Waals surface area contributed by atoms with Gasteiger partial charge in [-0.1, -0.05) is 25.0 Å². The molecule has 0 aromatic carbocycles. The number of nitrogens with zero attached hydrogens (tertiary/aromatic N) is 1. The van der Waals surface area contributed by atoms with E-state index in [2.05, 4.69) is 29.4 Å². The molecule has 2 atom stereocenters. The van der Waals surface area contributed by atoms with Crippen molar-refractivity contribution in [3.63, 3.8) is 0 Å². The molecule has 1 N–H and O–H groups in total. The highest BCUT2D eigenvalue weighted by Gasteiger charge is 2.28. The van der Waals surface area contributed by atoms with Crippen LogP contribution < -0.4 is 5.32 Å². The Balaban J connectivity index is 1.94. The van der Waals surface area contributed by atoms with Crippen molar-refractivity contribution in [2.75, 3.05) is 20.1 Å². The van der Waals surface area contributed by atoms with Crippen LogP contribution in [0.1, 0.15) is 25.7 Å². The quantitative estimate of drug-likeness (QED) is 0.646. The SMILES string of the molecule is CNC1CCCCC1N1CC=CC1. The molecule has 1 heterocycles. The summed E-state index contributed by atoms with van der Waals surface area (Å²) in [6, 6.07) is 1.52. The normalized spacial score (nSPS) is 35.5. The van der Waals surface area contributed by atoms with Crippen molar-refractivity contribution in [1.82, 2.24) is 10.2 Å². The molecule has 0 aromatic rings. The zero-order chi connectivity index (χ0) is 9.10. The molecule has 2 rings (SSSR count). The Morgan fingerprint density at radius 3 is 2.54 bits per heavy atom. The molecular formula is C11H20N2. The van der Waals surface area contributed by atoms with E-state index in [0.717, 1.165) is 12.1 Å². The van der Waals surface area contributed by atoms with Gasteiger partial charge in [0.05, 0.1) is 0 Å². The Morgan fingerprint density at radius 1 is 1.15 bits per heavy atom. The van der Waals surface area contributed by atoms with E-state index < -0.39 is 0 Å². The van der Waals surface area contributed by atoms with Crippen molar-refractivity contribution >= 4 is 0 Å². The molecular weight excluding hydrogens is 160 g/mol. The molecule has 1 aliphatic carbocycles. The predicted molar refractivity (Wildman–Crippen MR) is 55.8 cm³/mol. The van der Waals surface area contributed by atoms with Crippen LogP contribution in [0.3, 0.4) is 0 Å². The zero-order valence-corrected chi connectivity index (χ0v) is 8.50. The van der Waals surface area contributed by atoms with Crippen molar-refractivity contribution in [3.8, 4) is 0 Å². The molecule has 2 heteroatoms. The summed E-state index contributed by atoms with van der Waals surface area (Å²) in [5.74, 6) is 0. The first-order chi connectivity index (χ1) is 6.42. The number of hydrogen-bond acceptors (Lipinski definition) is 2. The first kappa shape index (κ1) is 9.22. The lowest BCUT2D eigenvalue weighted by Gasteiger charge is -2.37. The Labute approximate surface area is 81.0 Å². The van der Waals surface area contributed by atoms with Gasteiger partial charge in [0.2, 0.25) is 0 Å². The Morgan fingerprint density at radius 2 is 1.85 bits per heavy atom. The van der Waals surface area contributed by atoms with Crippen LogP contribution >= 0.6 is 0 Å². The van der Waals surface area contributed by atoms with Gasteiger partial charge in [-0.25, -0.2) is 0 Å². The second-order valence-corrected chi connectivity index (χ2v) is 4.17. The van der Waals surface area contributed by atoms with E-state index in [9.17, 15) is 0 Å². The van der Waals surface area contributed by atoms with Gasteiger partial charge >= 0.3 is 0 Å². The van der Waals surface area contributed by atoms with E-state index in [1.807, 2.05) is 0 Å². The van der Waals surface area contributed by atoms with Gasteiger partial charge in [-0.05, 0) is 19.9 Å². The number of rotatable bonds is 2. The van der Waals surface area contributed by atoms with Crippen LogP contribution in [0.2, 0.25) is 0 Å². The first-order valence-corrected chi connectivity index (χ1v) is 5.48. The highest BCUT2D eigenvalue weighted by Crippen LogP contribution is 2.24. The van der Waals surface area contributed by atoms with Crippen LogP contribution in [-0.4, -0.2) is 37.1 Å². The van der Waals surface area contributed by atoms with E-state index >= 15 is 0 Å². The first-order valence-electron chi connectivity index (χ1n) is 5.48. The van der Waals surface area contributed by atoms with E-state index in [1.165, 1.54) is 38.8 Å². The summed E-state index contributed by atoms with van der Waals surface area (Å²) in [4.78, 5) is 2.60. The number of nitrogens with one attached hydrogen (secondary N) is 1. The molecule has 0 saturated heterocycles. The topological polar surface area (TPSA) is 15.3 Å². The van der Waals surface area contributed by atoms with E-state index in [-0.39, 0.29) is 0 Å². The summed E-state index contributed by atoms with van der Waals surface area (Å²) >= 11 is 0. The van der Waals surface area contributed by atoms with E-state index in [1.54, 1.807) is 0 Å². The summed E-state index contributed by atoms with van der Waals surface area (Å²) in [5, 5.41) is 3.46. The molecule has 13 heavy (non-hydrogen) atoms. The van der Waals surface area contributed by atoms with Gasteiger partial charge in [-0.15, -0.1) is 0 Å². The molecule has 0 aromatic heterocycles. The van der Waals surface area contributed by atoms with Gasteiger partial charge in [0, 0.05) is 25.2 Å². The third kappa shape index (κ3) is 1.94. The molecule has 74 valence electrons. The second kappa shape index (κ2) is 4.25. The Kier molecular flexibility index (Phi) is 3.01. The van der Waals surface area contributed by atoms with Gasteiger partial charge < -0.3 is 5.32 Å². The summed E-state index contributed by atoms with van der Waals surface area (Å²) < 4.78 is 0. The summed E-state index contributed by atoms with van der Waals surface area (Å²) in [5.41, 5.74) is 0. The largest absolute Gasteiger partial charge is 0.315 e.